The molecule has 2 aromatic carbocycles. The van der Waals surface area contributed by atoms with Crippen LogP contribution in [-0.2, 0) is 4.79 Å². The van der Waals surface area contributed by atoms with Crippen molar-refractivity contribution in [1.82, 2.24) is 19.6 Å². The molecule has 1 aromatic heterocycles. The number of hydrogen-bond acceptors (Lipinski definition) is 4. The highest BCUT2D eigenvalue weighted by molar-refractivity contribution is 9.10. The van der Waals surface area contributed by atoms with E-state index < -0.39 is 0 Å². The largest absolute Gasteiger partial charge is 0.336 e. The van der Waals surface area contributed by atoms with Crippen LogP contribution in [-0.4, -0.2) is 64.1 Å². The van der Waals surface area contributed by atoms with Gasteiger partial charge < -0.3 is 10.2 Å². The Hall–Kier alpha value is -3.04. The molecule has 0 unspecified atom stereocenters. The number of amides is 2. The van der Waals surface area contributed by atoms with Crippen LogP contribution in [0.5, 0.6) is 0 Å². The van der Waals surface area contributed by atoms with Gasteiger partial charge in [0.05, 0.1) is 24.0 Å². The first kappa shape index (κ1) is 21.2. The van der Waals surface area contributed by atoms with Crippen LogP contribution in [0.15, 0.2) is 65.4 Å². The molecular weight excluding hydrogens is 465 g/mol. The van der Waals surface area contributed by atoms with E-state index >= 15 is 0 Å². The fourth-order valence-electron chi connectivity index (χ4n) is 3.40. The Kier molecular flexibility index (Phi) is 6.43. The molecule has 1 aliphatic rings. The monoisotopic (exact) mass is 485 g/mol. The minimum atomic E-state index is -0.346. The summed E-state index contributed by atoms with van der Waals surface area (Å²) < 4.78 is 15.6. The van der Waals surface area contributed by atoms with Gasteiger partial charge in [-0.3, -0.25) is 14.5 Å². The van der Waals surface area contributed by atoms with Gasteiger partial charge in [-0.15, -0.1) is 0 Å². The zero-order valence-electron chi connectivity index (χ0n) is 16.7. The average Bonchev–Trinajstić information content (AvgIpc) is 3.26. The summed E-state index contributed by atoms with van der Waals surface area (Å²) in [5, 5.41) is 7.05. The molecular formula is C22H21BrFN5O2. The molecule has 0 atom stereocenters. The molecule has 0 aliphatic carbocycles. The van der Waals surface area contributed by atoms with E-state index in [-0.39, 0.29) is 24.2 Å². The van der Waals surface area contributed by atoms with Crippen molar-refractivity contribution < 1.29 is 14.0 Å². The number of carbonyl (C=O) groups excluding carboxylic acids is 2. The molecule has 2 heterocycles. The second-order valence-electron chi connectivity index (χ2n) is 7.27. The normalized spacial score (nSPS) is 14.5. The molecule has 4 rings (SSSR count). The minimum absolute atomic E-state index is 0.0706. The van der Waals surface area contributed by atoms with Crippen molar-refractivity contribution >= 4 is 33.4 Å². The number of rotatable bonds is 5. The van der Waals surface area contributed by atoms with E-state index in [1.54, 1.807) is 22.0 Å². The Morgan fingerprint density at radius 2 is 1.68 bits per heavy atom. The highest BCUT2D eigenvalue weighted by Gasteiger charge is 2.24. The van der Waals surface area contributed by atoms with Crippen LogP contribution in [0.3, 0.4) is 0 Å². The maximum Gasteiger partial charge on any atom is 0.257 e. The molecule has 1 saturated heterocycles. The number of anilines is 1. The number of nitrogens with zero attached hydrogens (tertiary/aromatic N) is 4. The lowest BCUT2D eigenvalue weighted by Crippen LogP contribution is -2.50. The molecule has 1 fully saturated rings. The molecule has 1 aliphatic heterocycles. The second-order valence-corrected chi connectivity index (χ2v) is 8.19. The number of halogens is 2. The van der Waals surface area contributed by atoms with Crippen LogP contribution < -0.4 is 5.32 Å². The molecule has 0 spiro atoms. The lowest BCUT2D eigenvalue weighted by Gasteiger charge is -2.34. The molecule has 0 radical (unpaired) electrons. The van der Waals surface area contributed by atoms with Gasteiger partial charge in [-0.05, 0) is 48.5 Å². The number of benzene rings is 2. The van der Waals surface area contributed by atoms with Gasteiger partial charge >= 0.3 is 0 Å². The molecule has 9 heteroatoms. The Morgan fingerprint density at radius 3 is 2.35 bits per heavy atom. The van der Waals surface area contributed by atoms with Gasteiger partial charge in [-0.2, -0.15) is 5.10 Å². The fraction of sp³-hybridized carbons (Fsp3) is 0.227. The van der Waals surface area contributed by atoms with E-state index in [0.29, 0.717) is 37.4 Å². The van der Waals surface area contributed by atoms with E-state index in [9.17, 15) is 14.0 Å². The van der Waals surface area contributed by atoms with Gasteiger partial charge in [0, 0.05) is 42.5 Å². The minimum Gasteiger partial charge on any atom is -0.336 e. The summed E-state index contributed by atoms with van der Waals surface area (Å²) in [5.74, 6) is -0.581. The van der Waals surface area contributed by atoms with Gasteiger partial charge in [0.25, 0.3) is 5.91 Å². The van der Waals surface area contributed by atoms with Crippen molar-refractivity contribution in [3.63, 3.8) is 0 Å². The van der Waals surface area contributed by atoms with E-state index in [0.717, 1.165) is 10.2 Å². The maximum atomic E-state index is 13.0. The first-order chi connectivity index (χ1) is 15.0. The van der Waals surface area contributed by atoms with Crippen molar-refractivity contribution in [2.45, 2.75) is 0 Å². The van der Waals surface area contributed by atoms with Gasteiger partial charge in [0.15, 0.2) is 0 Å². The summed E-state index contributed by atoms with van der Waals surface area (Å²) in [6.07, 6.45) is 3.31. The molecule has 3 aromatic rings. The first-order valence-corrected chi connectivity index (χ1v) is 10.6. The summed E-state index contributed by atoms with van der Waals surface area (Å²) in [5.41, 5.74) is 1.97. The third-order valence-corrected chi connectivity index (χ3v) is 5.60. The molecule has 2 amide bonds. The Bertz CT molecular complexity index is 1060. The SMILES string of the molecule is O=C(CN1CCN(C(=O)c2cnn(-c3ccc(Br)cc3)c2)CC1)Nc1ccc(F)cc1. The number of piperazine rings is 1. The van der Waals surface area contributed by atoms with Gasteiger partial charge in [0.2, 0.25) is 5.91 Å². The molecule has 0 saturated carbocycles. The van der Waals surface area contributed by atoms with Crippen molar-refractivity contribution in [1.29, 1.82) is 0 Å². The predicted octanol–water partition coefficient (Wildman–Crippen LogP) is 3.17. The van der Waals surface area contributed by atoms with Crippen molar-refractivity contribution in [3.05, 3.63) is 76.8 Å². The van der Waals surface area contributed by atoms with E-state index in [1.807, 2.05) is 29.2 Å². The Morgan fingerprint density at radius 1 is 1.00 bits per heavy atom. The van der Waals surface area contributed by atoms with Crippen LogP contribution in [0.2, 0.25) is 0 Å². The average molecular weight is 486 g/mol. The van der Waals surface area contributed by atoms with Crippen LogP contribution in [0.25, 0.3) is 5.69 Å². The smallest absolute Gasteiger partial charge is 0.257 e. The second kappa shape index (κ2) is 9.40. The molecule has 0 bridgehead atoms. The number of carbonyl (C=O) groups is 2. The number of aromatic nitrogens is 2. The van der Waals surface area contributed by atoms with Crippen LogP contribution >= 0.6 is 15.9 Å². The lowest BCUT2D eigenvalue weighted by molar-refractivity contribution is -0.117. The topological polar surface area (TPSA) is 70.5 Å². The Balaban J connectivity index is 1.28. The zero-order chi connectivity index (χ0) is 21.8. The maximum absolute atomic E-state index is 13.0. The van der Waals surface area contributed by atoms with E-state index in [1.165, 1.54) is 24.3 Å². The quantitative estimate of drug-likeness (QED) is 0.602. The van der Waals surface area contributed by atoms with E-state index in [4.69, 9.17) is 0 Å². The first-order valence-electron chi connectivity index (χ1n) is 9.85. The highest BCUT2D eigenvalue weighted by Crippen LogP contribution is 2.15. The number of nitrogens with one attached hydrogen (secondary N) is 1. The predicted molar refractivity (Wildman–Crippen MR) is 119 cm³/mol. The summed E-state index contributed by atoms with van der Waals surface area (Å²) in [4.78, 5) is 28.8. The summed E-state index contributed by atoms with van der Waals surface area (Å²) in [6, 6.07) is 13.3. The zero-order valence-corrected chi connectivity index (χ0v) is 18.3. The third-order valence-electron chi connectivity index (χ3n) is 5.08. The van der Waals surface area contributed by atoms with Crippen LogP contribution in [0, 0.1) is 5.82 Å². The molecule has 7 nitrogen and oxygen atoms in total. The highest BCUT2D eigenvalue weighted by atomic mass is 79.9. The van der Waals surface area contributed by atoms with Crippen LogP contribution in [0.1, 0.15) is 10.4 Å². The summed E-state index contributed by atoms with van der Waals surface area (Å²) >= 11 is 3.40. The third kappa shape index (κ3) is 5.36. The van der Waals surface area contributed by atoms with Crippen molar-refractivity contribution in [2.24, 2.45) is 0 Å². The molecule has 1 N–H and O–H groups in total. The Labute approximate surface area is 187 Å². The van der Waals surface area contributed by atoms with Crippen molar-refractivity contribution in [2.75, 3.05) is 38.0 Å². The van der Waals surface area contributed by atoms with Crippen molar-refractivity contribution in [3.8, 4) is 5.69 Å². The summed E-state index contributed by atoms with van der Waals surface area (Å²) in [6.45, 7) is 2.49. The standard InChI is InChI=1S/C22H21BrFN5O2/c23-17-1-7-20(8-2-17)29-14-16(13-25-29)22(31)28-11-9-27(10-12-28)15-21(30)26-19-5-3-18(24)4-6-19/h1-8,13-14H,9-12,15H2,(H,26,30). The number of hydrogen-bond donors (Lipinski definition) is 1. The van der Waals surface area contributed by atoms with Gasteiger partial charge in [0.1, 0.15) is 5.82 Å². The lowest BCUT2D eigenvalue weighted by atomic mass is 10.2. The van der Waals surface area contributed by atoms with Gasteiger partial charge in [-0.25, -0.2) is 9.07 Å². The molecule has 160 valence electrons. The molecule has 31 heavy (non-hydrogen) atoms. The fourth-order valence-corrected chi connectivity index (χ4v) is 3.66. The van der Waals surface area contributed by atoms with E-state index in [2.05, 4.69) is 26.3 Å². The van der Waals surface area contributed by atoms with Gasteiger partial charge in [-0.1, -0.05) is 15.9 Å². The van der Waals surface area contributed by atoms with Crippen LogP contribution in [0.4, 0.5) is 10.1 Å². The summed E-state index contributed by atoms with van der Waals surface area (Å²) in [7, 11) is 0.